The first kappa shape index (κ1) is 27.0. The summed E-state index contributed by atoms with van der Waals surface area (Å²) in [5.74, 6) is 4.10. The number of ether oxygens (including phenoxy) is 4. The number of nitrogens with zero attached hydrogens (tertiary/aromatic N) is 5. The van der Waals surface area contributed by atoms with Gasteiger partial charge in [0.15, 0.2) is 23.0 Å². The summed E-state index contributed by atoms with van der Waals surface area (Å²) in [4.78, 5) is 29.7. The van der Waals surface area contributed by atoms with Crippen molar-refractivity contribution in [2.75, 3.05) is 44.5 Å². The number of carbonyl (C=O) groups is 1. The van der Waals surface area contributed by atoms with Crippen LogP contribution in [0.2, 0.25) is 0 Å². The molecule has 2 N–H and O–H groups in total. The first-order valence-electron chi connectivity index (χ1n) is 14.4. The van der Waals surface area contributed by atoms with Crippen molar-refractivity contribution in [3.8, 4) is 28.9 Å². The normalized spacial score (nSPS) is 18.9. The molecule has 1 unspecified atom stereocenters. The Morgan fingerprint density at radius 3 is 2.60 bits per heavy atom. The summed E-state index contributed by atoms with van der Waals surface area (Å²) in [5, 5.41) is 6.69. The molecule has 3 aliphatic heterocycles. The predicted octanol–water partition coefficient (Wildman–Crippen LogP) is 2.57. The van der Waals surface area contributed by atoms with Crippen LogP contribution in [-0.2, 0) is 17.8 Å². The molecule has 1 amide bonds. The highest BCUT2D eigenvalue weighted by atomic mass is 16.7. The number of anilines is 1. The Bertz CT molecular complexity index is 1630. The van der Waals surface area contributed by atoms with Gasteiger partial charge in [-0.15, -0.1) is 0 Å². The van der Waals surface area contributed by atoms with E-state index in [1.807, 2.05) is 49.5 Å². The highest BCUT2D eigenvalue weighted by molar-refractivity contribution is 5.78. The number of fused-ring (bicyclic) bond motifs is 2. The molecule has 2 aromatic heterocycles. The molecule has 0 saturated carbocycles. The molecule has 12 heteroatoms. The Balaban J connectivity index is 1.20. The Kier molecular flexibility index (Phi) is 7.19. The summed E-state index contributed by atoms with van der Waals surface area (Å²) in [5.41, 5.74) is 2.18. The molecule has 1 fully saturated rings. The van der Waals surface area contributed by atoms with Crippen molar-refractivity contribution in [2.24, 2.45) is 0 Å². The quantitative estimate of drug-likeness (QED) is 0.320. The predicted molar refractivity (Wildman–Crippen MR) is 157 cm³/mol. The molecule has 43 heavy (non-hydrogen) atoms. The van der Waals surface area contributed by atoms with Gasteiger partial charge in [-0.05, 0) is 48.7 Å². The van der Waals surface area contributed by atoms with Gasteiger partial charge in [-0.1, -0.05) is 12.1 Å². The van der Waals surface area contributed by atoms with Crippen LogP contribution in [0.15, 0.2) is 61.2 Å². The van der Waals surface area contributed by atoms with Gasteiger partial charge in [-0.25, -0.2) is 9.97 Å². The van der Waals surface area contributed by atoms with E-state index in [1.54, 1.807) is 17.1 Å². The van der Waals surface area contributed by atoms with Crippen LogP contribution < -0.4 is 34.5 Å². The summed E-state index contributed by atoms with van der Waals surface area (Å²) in [6, 6.07) is 13.7. The lowest BCUT2D eigenvalue weighted by Gasteiger charge is -2.48. The number of hydrogen-bond donors (Lipinski definition) is 2. The fourth-order valence-corrected chi connectivity index (χ4v) is 5.94. The maximum Gasteiger partial charge on any atom is 0.237 e. The number of aryl methyl sites for hydroxylation is 1. The number of hydrogen-bond acceptors (Lipinski definition) is 10. The van der Waals surface area contributed by atoms with E-state index in [0.29, 0.717) is 56.7 Å². The van der Waals surface area contributed by atoms with Gasteiger partial charge in [-0.3, -0.25) is 9.36 Å². The zero-order valence-corrected chi connectivity index (χ0v) is 23.9. The molecule has 1 saturated heterocycles. The minimum Gasteiger partial charge on any atom is -0.486 e. The monoisotopic (exact) mass is 583 g/mol. The molecule has 7 rings (SSSR count). The van der Waals surface area contributed by atoms with Crippen LogP contribution in [-0.4, -0.2) is 70.6 Å². The van der Waals surface area contributed by atoms with E-state index < -0.39 is 5.54 Å². The molecule has 3 aliphatic rings. The van der Waals surface area contributed by atoms with Gasteiger partial charge in [0.1, 0.15) is 25.4 Å². The highest BCUT2D eigenvalue weighted by Crippen LogP contribution is 2.36. The third-order valence-electron chi connectivity index (χ3n) is 7.94. The van der Waals surface area contributed by atoms with Gasteiger partial charge < -0.3 is 34.5 Å². The van der Waals surface area contributed by atoms with Crippen LogP contribution in [0.25, 0.3) is 5.95 Å². The summed E-state index contributed by atoms with van der Waals surface area (Å²) in [7, 11) is 0. The summed E-state index contributed by atoms with van der Waals surface area (Å²) in [6.45, 7) is 5.59. The van der Waals surface area contributed by atoms with Gasteiger partial charge in [0.2, 0.25) is 18.6 Å². The van der Waals surface area contributed by atoms with E-state index >= 15 is 0 Å². The van der Waals surface area contributed by atoms with Crippen molar-refractivity contribution in [1.82, 2.24) is 30.2 Å². The van der Waals surface area contributed by atoms with Crippen LogP contribution in [0.4, 0.5) is 5.82 Å². The lowest BCUT2D eigenvalue weighted by Crippen LogP contribution is -2.64. The van der Waals surface area contributed by atoms with Crippen molar-refractivity contribution in [3.63, 3.8) is 0 Å². The molecule has 0 radical (unpaired) electrons. The second-order valence-corrected chi connectivity index (χ2v) is 11.0. The van der Waals surface area contributed by atoms with Crippen molar-refractivity contribution in [1.29, 1.82) is 0 Å². The molecule has 5 heterocycles. The van der Waals surface area contributed by atoms with Crippen LogP contribution in [0.1, 0.15) is 23.2 Å². The Hall–Kier alpha value is -4.84. The molecule has 2 aromatic carbocycles. The highest BCUT2D eigenvalue weighted by Gasteiger charge is 2.42. The van der Waals surface area contributed by atoms with Crippen LogP contribution in [0, 0.1) is 6.92 Å². The zero-order chi connectivity index (χ0) is 29.2. The third kappa shape index (κ3) is 5.65. The Labute approximate surface area is 249 Å². The number of amides is 1. The minimum atomic E-state index is -0.631. The fourth-order valence-electron chi connectivity index (χ4n) is 5.94. The summed E-state index contributed by atoms with van der Waals surface area (Å²) < 4.78 is 24.4. The number of benzene rings is 2. The van der Waals surface area contributed by atoms with Gasteiger partial charge >= 0.3 is 0 Å². The van der Waals surface area contributed by atoms with Gasteiger partial charge in [0.25, 0.3) is 0 Å². The lowest BCUT2D eigenvalue weighted by atomic mass is 9.83. The van der Waals surface area contributed by atoms with Crippen LogP contribution in [0.3, 0.4) is 0 Å². The van der Waals surface area contributed by atoms with Crippen molar-refractivity contribution in [3.05, 3.63) is 78.0 Å². The largest absolute Gasteiger partial charge is 0.486 e. The lowest BCUT2D eigenvalue weighted by molar-refractivity contribution is -0.122. The van der Waals surface area contributed by atoms with E-state index in [4.69, 9.17) is 23.9 Å². The average Bonchev–Trinajstić information content (AvgIpc) is 3.73. The molecular formula is C31H33N7O5. The van der Waals surface area contributed by atoms with E-state index in [-0.39, 0.29) is 19.1 Å². The zero-order valence-electron chi connectivity index (χ0n) is 23.9. The van der Waals surface area contributed by atoms with Gasteiger partial charge in [-0.2, -0.15) is 4.98 Å². The molecule has 0 aliphatic carbocycles. The van der Waals surface area contributed by atoms with Crippen molar-refractivity contribution >= 4 is 11.7 Å². The molecule has 222 valence electrons. The Morgan fingerprint density at radius 2 is 1.74 bits per heavy atom. The van der Waals surface area contributed by atoms with E-state index in [9.17, 15) is 4.79 Å². The minimum absolute atomic E-state index is 0.0653. The maximum absolute atomic E-state index is 13.7. The van der Waals surface area contributed by atoms with E-state index in [0.717, 1.165) is 40.7 Å². The number of imidazole rings is 1. The number of nitrogens with one attached hydrogen (secondary N) is 2. The number of piperazine rings is 1. The molecule has 4 aromatic rings. The number of aromatic nitrogens is 4. The topological polar surface area (TPSA) is 125 Å². The Morgan fingerprint density at radius 1 is 0.977 bits per heavy atom. The standard InChI is InChI=1S/C31H33N7O5/c1-21-12-28(36-30(35-21)37-8-6-33-19-37)38-9-7-32-18-31(38,15-22-2-4-24-26(13-22)41-11-10-40-24)16-29(39)34-17-23-3-5-25-27(14-23)43-20-42-25/h2-6,8,12-14,19,32H,7,9-11,15-18,20H2,1H3,(H,34,39). The van der Waals surface area contributed by atoms with E-state index in [1.165, 1.54) is 0 Å². The first-order chi connectivity index (χ1) is 21.0. The van der Waals surface area contributed by atoms with Gasteiger partial charge in [0.05, 0.1) is 12.0 Å². The molecule has 12 nitrogen and oxygen atoms in total. The SMILES string of the molecule is Cc1cc(N2CCNCC2(CC(=O)NCc2ccc3c(c2)OCO3)Cc2ccc3c(c2)OCCO3)nc(-n2ccnc2)n1. The summed E-state index contributed by atoms with van der Waals surface area (Å²) >= 11 is 0. The smallest absolute Gasteiger partial charge is 0.237 e. The van der Waals surface area contributed by atoms with Crippen molar-refractivity contribution in [2.45, 2.75) is 31.8 Å². The van der Waals surface area contributed by atoms with Crippen LogP contribution >= 0.6 is 0 Å². The number of carbonyl (C=O) groups excluding carboxylic acids is 1. The van der Waals surface area contributed by atoms with Gasteiger partial charge in [0, 0.05) is 50.3 Å². The molecular weight excluding hydrogens is 550 g/mol. The first-order valence-corrected chi connectivity index (χ1v) is 14.4. The second kappa shape index (κ2) is 11.4. The molecule has 0 bridgehead atoms. The van der Waals surface area contributed by atoms with Crippen molar-refractivity contribution < 1.29 is 23.7 Å². The average molecular weight is 584 g/mol. The van der Waals surface area contributed by atoms with Crippen LogP contribution in [0.5, 0.6) is 23.0 Å². The van der Waals surface area contributed by atoms with E-state index in [2.05, 4.69) is 31.6 Å². The molecule has 1 atom stereocenters. The maximum atomic E-state index is 13.7. The second-order valence-electron chi connectivity index (χ2n) is 11.0. The fraction of sp³-hybridized carbons (Fsp3) is 0.355. The summed E-state index contributed by atoms with van der Waals surface area (Å²) in [6.07, 6.45) is 6.03. The number of rotatable bonds is 8. The molecule has 0 spiro atoms. The third-order valence-corrected chi connectivity index (χ3v) is 7.94.